The average molecular weight is 281 g/mol. The predicted molar refractivity (Wildman–Crippen MR) is 75.2 cm³/mol. The van der Waals surface area contributed by atoms with E-state index in [0.717, 1.165) is 12.8 Å². The lowest BCUT2D eigenvalue weighted by Crippen LogP contribution is -2.40. The van der Waals surface area contributed by atoms with Crippen molar-refractivity contribution in [3.63, 3.8) is 0 Å². The highest BCUT2D eigenvalue weighted by atomic mass is 32.2. The summed E-state index contributed by atoms with van der Waals surface area (Å²) >= 11 is 1.28. The van der Waals surface area contributed by atoms with Crippen LogP contribution in [0.25, 0.3) is 0 Å². The molecule has 1 unspecified atom stereocenters. The van der Waals surface area contributed by atoms with Crippen molar-refractivity contribution >= 4 is 17.7 Å². The zero-order valence-corrected chi connectivity index (χ0v) is 11.8. The molecule has 1 aromatic heterocycles. The van der Waals surface area contributed by atoms with Gasteiger partial charge < -0.3 is 10.3 Å². The van der Waals surface area contributed by atoms with Gasteiger partial charge >= 0.3 is 0 Å². The minimum Gasteiger partial charge on any atom is -0.352 e. The number of carbonyl (C=O) groups excluding carboxylic acids is 1. The van der Waals surface area contributed by atoms with E-state index in [1.807, 2.05) is 6.92 Å². The van der Waals surface area contributed by atoms with Gasteiger partial charge in [0.25, 0.3) is 5.56 Å². The summed E-state index contributed by atoms with van der Waals surface area (Å²) in [5.74, 6) is 0.0170. The molecular formula is C13H19N3O2S. The molecule has 1 atom stereocenters. The standard InChI is InChI=1S/C13H19N3O2S/c1-9(19-13-14-8-7-11(17)16-13)12(18)15-10-5-3-2-4-6-10/h7-10H,2-6H2,1H3,(H,15,18)(H,14,16,17). The number of aromatic nitrogens is 2. The van der Waals surface area contributed by atoms with Crippen molar-refractivity contribution in [2.45, 2.75) is 55.5 Å². The summed E-state index contributed by atoms with van der Waals surface area (Å²) in [6, 6.07) is 1.67. The molecule has 1 amide bonds. The summed E-state index contributed by atoms with van der Waals surface area (Å²) in [6.07, 6.45) is 7.26. The minimum absolute atomic E-state index is 0.0170. The van der Waals surface area contributed by atoms with Crippen molar-refractivity contribution in [3.05, 3.63) is 22.6 Å². The number of thioether (sulfide) groups is 1. The molecule has 19 heavy (non-hydrogen) atoms. The molecule has 0 spiro atoms. The Bertz CT molecular complexity index is 483. The number of hydrogen-bond donors (Lipinski definition) is 2. The smallest absolute Gasteiger partial charge is 0.251 e. The van der Waals surface area contributed by atoms with E-state index in [9.17, 15) is 9.59 Å². The number of aromatic amines is 1. The third-order valence-electron chi connectivity index (χ3n) is 3.26. The van der Waals surface area contributed by atoms with E-state index < -0.39 is 0 Å². The molecule has 0 bridgehead atoms. The lowest BCUT2D eigenvalue weighted by atomic mass is 9.95. The van der Waals surface area contributed by atoms with Crippen molar-refractivity contribution in [2.75, 3.05) is 0 Å². The molecule has 104 valence electrons. The van der Waals surface area contributed by atoms with Gasteiger partial charge in [0.2, 0.25) is 5.91 Å². The largest absolute Gasteiger partial charge is 0.352 e. The molecular weight excluding hydrogens is 262 g/mol. The Hall–Kier alpha value is -1.30. The van der Waals surface area contributed by atoms with Crippen LogP contribution in [0.3, 0.4) is 0 Å². The van der Waals surface area contributed by atoms with Gasteiger partial charge in [-0.05, 0) is 19.8 Å². The second kappa shape index (κ2) is 6.75. The quantitative estimate of drug-likeness (QED) is 0.650. The Morgan fingerprint density at radius 3 is 2.89 bits per heavy atom. The maximum absolute atomic E-state index is 12.0. The normalized spacial score (nSPS) is 17.9. The second-order valence-corrected chi connectivity index (χ2v) is 6.17. The van der Waals surface area contributed by atoms with Gasteiger partial charge in [-0.1, -0.05) is 31.0 Å². The summed E-state index contributed by atoms with van der Waals surface area (Å²) in [6.45, 7) is 1.83. The van der Waals surface area contributed by atoms with Crippen LogP contribution in [0.2, 0.25) is 0 Å². The monoisotopic (exact) mass is 281 g/mol. The van der Waals surface area contributed by atoms with Crippen LogP contribution in [-0.2, 0) is 4.79 Å². The zero-order chi connectivity index (χ0) is 13.7. The first-order chi connectivity index (χ1) is 9.15. The Balaban J connectivity index is 1.86. The van der Waals surface area contributed by atoms with E-state index in [0.29, 0.717) is 11.2 Å². The molecule has 1 aliphatic carbocycles. The Labute approximate surface area is 116 Å². The highest BCUT2D eigenvalue weighted by molar-refractivity contribution is 8.00. The SMILES string of the molecule is CC(Sc1nccc(=O)[nH]1)C(=O)NC1CCCCC1. The molecule has 1 aromatic rings. The number of nitrogens with one attached hydrogen (secondary N) is 2. The third kappa shape index (κ3) is 4.38. The summed E-state index contributed by atoms with van der Waals surface area (Å²) in [4.78, 5) is 29.8. The first kappa shape index (κ1) is 14.1. The van der Waals surface area contributed by atoms with Crippen LogP contribution in [0, 0.1) is 0 Å². The van der Waals surface area contributed by atoms with Gasteiger partial charge in [-0.3, -0.25) is 9.59 Å². The van der Waals surface area contributed by atoms with Crippen molar-refractivity contribution in [1.82, 2.24) is 15.3 Å². The molecule has 5 nitrogen and oxygen atoms in total. The van der Waals surface area contributed by atoms with Gasteiger partial charge in [0.05, 0.1) is 5.25 Å². The molecule has 1 aliphatic rings. The summed E-state index contributed by atoms with van der Waals surface area (Å²) < 4.78 is 0. The second-order valence-electron chi connectivity index (χ2n) is 4.84. The summed E-state index contributed by atoms with van der Waals surface area (Å²) in [7, 11) is 0. The maximum Gasteiger partial charge on any atom is 0.251 e. The molecule has 1 saturated carbocycles. The predicted octanol–water partition coefficient (Wildman–Crippen LogP) is 1.70. The molecule has 6 heteroatoms. The fourth-order valence-electron chi connectivity index (χ4n) is 2.20. The molecule has 1 fully saturated rings. The van der Waals surface area contributed by atoms with Crippen molar-refractivity contribution in [1.29, 1.82) is 0 Å². The maximum atomic E-state index is 12.0. The van der Waals surface area contributed by atoms with Crippen LogP contribution in [0.5, 0.6) is 0 Å². The number of hydrogen-bond acceptors (Lipinski definition) is 4. The van der Waals surface area contributed by atoms with Gasteiger partial charge in [-0.25, -0.2) is 4.98 Å². The van der Waals surface area contributed by atoms with Crippen molar-refractivity contribution < 1.29 is 4.79 Å². The molecule has 2 N–H and O–H groups in total. The number of amides is 1. The number of nitrogens with zero attached hydrogens (tertiary/aromatic N) is 1. The molecule has 2 rings (SSSR count). The summed E-state index contributed by atoms with van der Waals surface area (Å²) in [5.41, 5.74) is -0.197. The summed E-state index contributed by atoms with van der Waals surface area (Å²) in [5, 5.41) is 3.30. The number of H-pyrrole nitrogens is 1. The van der Waals surface area contributed by atoms with E-state index in [-0.39, 0.29) is 16.7 Å². The van der Waals surface area contributed by atoms with Gasteiger partial charge in [0, 0.05) is 18.3 Å². The fourth-order valence-corrected chi connectivity index (χ4v) is 2.99. The lowest BCUT2D eigenvalue weighted by Gasteiger charge is -2.24. The van der Waals surface area contributed by atoms with Crippen LogP contribution in [0.15, 0.2) is 22.2 Å². The van der Waals surface area contributed by atoms with Gasteiger partial charge in [-0.2, -0.15) is 0 Å². The van der Waals surface area contributed by atoms with Crippen LogP contribution in [0.4, 0.5) is 0 Å². The van der Waals surface area contributed by atoms with E-state index in [1.165, 1.54) is 43.3 Å². The zero-order valence-electron chi connectivity index (χ0n) is 11.0. The molecule has 0 aliphatic heterocycles. The Kier molecular flexibility index (Phi) is 5.01. The number of carbonyl (C=O) groups is 1. The molecule has 0 saturated heterocycles. The molecule has 1 heterocycles. The van der Waals surface area contributed by atoms with Crippen LogP contribution in [-0.4, -0.2) is 27.2 Å². The van der Waals surface area contributed by atoms with Crippen molar-refractivity contribution in [3.8, 4) is 0 Å². The topological polar surface area (TPSA) is 74.8 Å². The first-order valence-electron chi connectivity index (χ1n) is 6.67. The van der Waals surface area contributed by atoms with Crippen LogP contribution in [0.1, 0.15) is 39.0 Å². The van der Waals surface area contributed by atoms with Gasteiger partial charge in [0.1, 0.15) is 0 Å². The third-order valence-corrected chi connectivity index (χ3v) is 4.26. The highest BCUT2D eigenvalue weighted by Crippen LogP contribution is 2.20. The lowest BCUT2D eigenvalue weighted by molar-refractivity contribution is -0.121. The first-order valence-corrected chi connectivity index (χ1v) is 7.55. The average Bonchev–Trinajstić information content (AvgIpc) is 2.40. The Morgan fingerprint density at radius 1 is 1.47 bits per heavy atom. The van der Waals surface area contributed by atoms with E-state index >= 15 is 0 Å². The minimum atomic E-state index is -0.257. The van der Waals surface area contributed by atoms with Crippen molar-refractivity contribution in [2.24, 2.45) is 0 Å². The van der Waals surface area contributed by atoms with Gasteiger partial charge in [0.15, 0.2) is 5.16 Å². The van der Waals surface area contributed by atoms with E-state index in [2.05, 4.69) is 15.3 Å². The fraction of sp³-hybridized carbons (Fsp3) is 0.615. The van der Waals surface area contributed by atoms with E-state index in [4.69, 9.17) is 0 Å². The highest BCUT2D eigenvalue weighted by Gasteiger charge is 2.20. The van der Waals surface area contributed by atoms with Crippen LogP contribution < -0.4 is 10.9 Å². The Morgan fingerprint density at radius 2 is 2.21 bits per heavy atom. The molecule has 0 radical (unpaired) electrons. The number of rotatable bonds is 4. The van der Waals surface area contributed by atoms with Gasteiger partial charge in [-0.15, -0.1) is 0 Å². The molecule has 0 aromatic carbocycles. The van der Waals surface area contributed by atoms with Crippen LogP contribution >= 0.6 is 11.8 Å². The van der Waals surface area contributed by atoms with E-state index in [1.54, 1.807) is 0 Å².